The van der Waals surface area contributed by atoms with Gasteiger partial charge in [-0.2, -0.15) is 0 Å². The van der Waals surface area contributed by atoms with E-state index in [1.54, 1.807) is 12.3 Å². The van der Waals surface area contributed by atoms with Gasteiger partial charge in [0.15, 0.2) is 4.34 Å². The molecule has 0 unspecified atom stereocenters. The molecule has 0 saturated carbocycles. The first-order chi connectivity index (χ1) is 13.4. The molecule has 7 nitrogen and oxygen atoms in total. The van der Waals surface area contributed by atoms with Gasteiger partial charge in [0.05, 0.1) is 31.0 Å². The topological polar surface area (TPSA) is 88.6 Å². The van der Waals surface area contributed by atoms with Gasteiger partial charge in [-0.05, 0) is 31.2 Å². The number of hydrogen-bond acceptors (Lipinski definition) is 7. The first-order valence-electron chi connectivity index (χ1n) is 8.39. The molecule has 0 spiro atoms. The molecular weight excluding hydrogens is 405 g/mol. The van der Waals surface area contributed by atoms with Crippen LogP contribution >= 0.6 is 23.1 Å². The summed E-state index contributed by atoms with van der Waals surface area (Å²) < 4.78 is 18.4. The Kier molecular flexibility index (Phi) is 8.40. The average Bonchev–Trinajstić information content (AvgIpc) is 3.09. The van der Waals surface area contributed by atoms with Crippen LogP contribution in [0, 0.1) is 5.82 Å². The number of hydrogen-bond donors (Lipinski definition) is 1. The molecule has 0 bridgehead atoms. The standard InChI is InChI=1S/C18H20FN3O4S2/c1-3-26-17(25)8-14-10-27-18(21-14)28-11-16(24)22(2)9-15(23)20-13-6-4-12(19)5-7-13/h4-7,10H,3,8-9,11H2,1-2H3,(H,20,23). The van der Waals surface area contributed by atoms with Crippen LogP contribution in [0.1, 0.15) is 12.6 Å². The Morgan fingerprint density at radius 2 is 2.00 bits per heavy atom. The van der Waals surface area contributed by atoms with Gasteiger partial charge in [-0.1, -0.05) is 11.8 Å². The summed E-state index contributed by atoms with van der Waals surface area (Å²) >= 11 is 2.59. The van der Waals surface area contributed by atoms with Gasteiger partial charge in [-0.25, -0.2) is 9.37 Å². The number of ether oxygens (including phenoxy) is 1. The lowest BCUT2D eigenvalue weighted by atomic mass is 10.3. The number of thioether (sulfide) groups is 1. The molecule has 1 heterocycles. The predicted molar refractivity (Wildman–Crippen MR) is 106 cm³/mol. The van der Waals surface area contributed by atoms with Crippen molar-refractivity contribution in [3.8, 4) is 0 Å². The second kappa shape index (κ2) is 10.8. The van der Waals surface area contributed by atoms with E-state index in [0.717, 1.165) is 0 Å². The van der Waals surface area contributed by atoms with E-state index in [9.17, 15) is 18.8 Å². The maximum atomic E-state index is 12.9. The van der Waals surface area contributed by atoms with Crippen LogP contribution in [0.25, 0.3) is 0 Å². The van der Waals surface area contributed by atoms with E-state index < -0.39 is 5.82 Å². The smallest absolute Gasteiger partial charge is 0.311 e. The van der Waals surface area contributed by atoms with E-state index in [0.29, 0.717) is 22.3 Å². The third-order valence-electron chi connectivity index (χ3n) is 3.42. The highest BCUT2D eigenvalue weighted by molar-refractivity contribution is 8.01. The zero-order chi connectivity index (χ0) is 20.5. The molecule has 0 aliphatic heterocycles. The highest BCUT2D eigenvalue weighted by atomic mass is 32.2. The van der Waals surface area contributed by atoms with Gasteiger partial charge < -0.3 is 15.0 Å². The number of rotatable bonds is 9. The van der Waals surface area contributed by atoms with E-state index in [4.69, 9.17) is 4.74 Å². The average molecular weight is 426 g/mol. The van der Waals surface area contributed by atoms with Crippen LogP contribution in [0.15, 0.2) is 34.0 Å². The number of nitrogens with zero attached hydrogens (tertiary/aromatic N) is 2. The van der Waals surface area contributed by atoms with Gasteiger partial charge in [0.25, 0.3) is 0 Å². The van der Waals surface area contributed by atoms with Gasteiger partial charge in [0.1, 0.15) is 5.82 Å². The minimum Gasteiger partial charge on any atom is -0.466 e. The zero-order valence-corrected chi connectivity index (χ0v) is 17.1. The number of aromatic nitrogens is 1. The Labute approximate surface area is 170 Å². The molecule has 2 rings (SSSR count). The summed E-state index contributed by atoms with van der Waals surface area (Å²) in [6.45, 7) is 1.94. The SMILES string of the molecule is CCOC(=O)Cc1csc(SCC(=O)N(C)CC(=O)Nc2ccc(F)cc2)n1. The van der Waals surface area contributed by atoms with Crippen LogP contribution in [0.2, 0.25) is 0 Å². The molecule has 150 valence electrons. The lowest BCUT2D eigenvalue weighted by molar-refractivity contribution is -0.142. The summed E-state index contributed by atoms with van der Waals surface area (Å²) in [6, 6.07) is 5.37. The van der Waals surface area contributed by atoms with Crippen molar-refractivity contribution < 1.29 is 23.5 Å². The molecule has 2 amide bonds. The molecule has 0 fully saturated rings. The molecular formula is C18H20FN3O4S2. The Morgan fingerprint density at radius 1 is 1.29 bits per heavy atom. The fourth-order valence-corrected chi connectivity index (χ4v) is 3.85. The first kappa shape index (κ1) is 21.8. The summed E-state index contributed by atoms with van der Waals surface area (Å²) in [4.78, 5) is 41.2. The van der Waals surface area contributed by atoms with E-state index >= 15 is 0 Å². The van der Waals surface area contributed by atoms with Crippen molar-refractivity contribution in [3.05, 3.63) is 41.2 Å². The van der Waals surface area contributed by atoms with Crippen molar-refractivity contribution in [2.75, 3.05) is 31.3 Å². The van der Waals surface area contributed by atoms with Crippen LogP contribution in [-0.2, 0) is 25.5 Å². The zero-order valence-electron chi connectivity index (χ0n) is 15.4. The predicted octanol–water partition coefficient (Wildman–Crippen LogP) is 2.58. The number of halogens is 1. The van der Waals surface area contributed by atoms with Crippen LogP contribution in [0.3, 0.4) is 0 Å². The fourth-order valence-electron chi connectivity index (χ4n) is 2.07. The van der Waals surface area contributed by atoms with Crippen molar-refractivity contribution in [2.45, 2.75) is 17.7 Å². The molecule has 0 aliphatic rings. The molecule has 28 heavy (non-hydrogen) atoms. The van der Waals surface area contributed by atoms with Crippen molar-refractivity contribution in [3.63, 3.8) is 0 Å². The maximum absolute atomic E-state index is 12.9. The monoisotopic (exact) mass is 425 g/mol. The van der Waals surface area contributed by atoms with Crippen LogP contribution in [0.4, 0.5) is 10.1 Å². The number of nitrogens with one attached hydrogen (secondary N) is 1. The number of carbonyl (C=O) groups excluding carboxylic acids is 3. The number of esters is 1. The summed E-state index contributed by atoms with van der Waals surface area (Å²) in [5.41, 5.74) is 1.06. The van der Waals surface area contributed by atoms with Crippen LogP contribution in [0.5, 0.6) is 0 Å². The second-order valence-corrected chi connectivity index (χ2v) is 7.76. The van der Waals surface area contributed by atoms with Crippen LogP contribution in [-0.4, -0.2) is 53.6 Å². The molecule has 1 aromatic carbocycles. The van der Waals surface area contributed by atoms with Gasteiger partial charge >= 0.3 is 5.97 Å². The summed E-state index contributed by atoms with van der Waals surface area (Å²) in [7, 11) is 1.53. The third-order valence-corrected chi connectivity index (χ3v) is 5.47. The molecule has 2 aromatic rings. The Hall–Kier alpha value is -2.46. The number of amides is 2. The lowest BCUT2D eigenvalue weighted by Gasteiger charge is -2.16. The minimum absolute atomic E-state index is 0.0995. The fraction of sp³-hybridized carbons (Fsp3) is 0.333. The van der Waals surface area contributed by atoms with Gasteiger partial charge in [0, 0.05) is 18.1 Å². The van der Waals surface area contributed by atoms with E-state index in [2.05, 4.69) is 10.3 Å². The summed E-state index contributed by atoms with van der Waals surface area (Å²) in [5, 5.41) is 4.35. The number of thiazole rings is 1. The number of carbonyl (C=O) groups is 3. The number of likely N-dealkylation sites (N-methyl/N-ethyl adjacent to an activating group) is 1. The molecule has 0 atom stereocenters. The highest BCUT2D eigenvalue weighted by Gasteiger charge is 2.15. The number of anilines is 1. The van der Waals surface area contributed by atoms with Gasteiger partial charge in [-0.3, -0.25) is 14.4 Å². The normalized spacial score (nSPS) is 10.4. The molecule has 0 aliphatic carbocycles. The number of benzene rings is 1. The van der Waals surface area contributed by atoms with Crippen molar-refractivity contribution in [1.82, 2.24) is 9.88 Å². The maximum Gasteiger partial charge on any atom is 0.311 e. The molecule has 0 saturated heterocycles. The third kappa shape index (κ3) is 7.28. The minimum atomic E-state index is -0.394. The van der Waals surface area contributed by atoms with E-state index in [1.165, 1.54) is 59.3 Å². The van der Waals surface area contributed by atoms with E-state index in [1.807, 2.05) is 0 Å². The Bertz CT molecular complexity index is 826. The van der Waals surface area contributed by atoms with Gasteiger partial charge in [0.2, 0.25) is 11.8 Å². The Morgan fingerprint density at radius 3 is 2.68 bits per heavy atom. The second-order valence-electron chi connectivity index (χ2n) is 5.68. The lowest BCUT2D eigenvalue weighted by Crippen LogP contribution is -2.35. The Balaban J connectivity index is 1.76. The van der Waals surface area contributed by atoms with Crippen molar-refractivity contribution >= 4 is 46.6 Å². The quantitative estimate of drug-likeness (QED) is 0.491. The largest absolute Gasteiger partial charge is 0.466 e. The highest BCUT2D eigenvalue weighted by Crippen LogP contribution is 2.23. The van der Waals surface area contributed by atoms with Gasteiger partial charge in [-0.15, -0.1) is 11.3 Å². The van der Waals surface area contributed by atoms with Crippen LogP contribution < -0.4 is 5.32 Å². The first-order valence-corrected chi connectivity index (χ1v) is 10.3. The molecule has 10 heteroatoms. The molecule has 0 radical (unpaired) electrons. The molecule has 1 N–H and O–H groups in total. The summed E-state index contributed by atoms with van der Waals surface area (Å²) in [6.07, 6.45) is 0.0995. The summed E-state index contributed by atoms with van der Waals surface area (Å²) in [5.74, 6) is -1.23. The van der Waals surface area contributed by atoms with E-state index in [-0.39, 0.29) is 36.5 Å². The van der Waals surface area contributed by atoms with Crippen molar-refractivity contribution in [1.29, 1.82) is 0 Å². The van der Waals surface area contributed by atoms with Crippen molar-refractivity contribution in [2.24, 2.45) is 0 Å². The molecule has 1 aromatic heterocycles.